The minimum Gasteiger partial charge on any atom is -0.308 e. The van der Waals surface area contributed by atoms with Gasteiger partial charge in [-0.15, -0.1) is 0 Å². The fourth-order valence-electron chi connectivity index (χ4n) is 13.2. The Morgan fingerprint density at radius 3 is 0.659 bits per heavy atom. The quantitative estimate of drug-likeness (QED) is 0.135. The number of hydrogen-bond donors (Lipinski definition) is 0. The molecule has 0 fully saturated rings. The molecule has 12 aromatic rings. The fourth-order valence-corrected chi connectivity index (χ4v) is 23.5. The highest BCUT2D eigenvalue weighted by molar-refractivity contribution is 7.90. The second-order valence-corrected chi connectivity index (χ2v) is 29.9. The van der Waals surface area contributed by atoms with E-state index in [1.807, 2.05) is 148 Å². The minimum atomic E-state index is -4.07. The van der Waals surface area contributed by atoms with Gasteiger partial charge in [0.1, 0.15) is 0 Å². The van der Waals surface area contributed by atoms with Gasteiger partial charge in [-0.3, -0.25) is 0 Å². The molecule has 3 heterocycles. The number of aryl methyl sites for hydroxylation is 3. The lowest BCUT2D eigenvalue weighted by Crippen LogP contribution is -2.53. The molecule has 3 aliphatic heterocycles. The summed E-state index contributed by atoms with van der Waals surface area (Å²) >= 11 is 0. The Labute approximate surface area is 479 Å². The first-order chi connectivity index (χ1) is 40.0. The Morgan fingerprint density at radius 2 is 0.415 bits per heavy atom. The average Bonchev–Trinajstić information content (AvgIpc) is 0.718. The molecule has 0 amide bonds. The third kappa shape index (κ3) is 7.49. The van der Waals surface area contributed by atoms with Gasteiger partial charge in [0.15, 0.2) is 21.4 Å². The van der Waals surface area contributed by atoms with Crippen LogP contribution in [-0.4, -0.2) is 0 Å². The molecule has 3 aliphatic rings. The largest absolute Gasteiger partial charge is 0.308 e. The summed E-state index contributed by atoms with van der Waals surface area (Å²) in [5, 5.41) is 5.67. The zero-order valence-electron chi connectivity index (χ0n) is 45.5. The molecule has 0 aromatic heterocycles. The number of hydrogen-bond acceptors (Lipinski definition) is 4. The van der Waals surface area contributed by atoms with E-state index in [9.17, 15) is 0 Å². The van der Waals surface area contributed by atoms with Crippen molar-refractivity contribution in [3.63, 3.8) is 0 Å². The maximum atomic E-state index is 18.4. The van der Waals surface area contributed by atoms with Crippen LogP contribution in [0.3, 0.4) is 0 Å². The fraction of sp³-hybridized carbons (Fsp3) is 0.0400. The molecule has 0 saturated carbocycles. The predicted molar refractivity (Wildman–Crippen MR) is 347 cm³/mol. The molecule has 0 aliphatic carbocycles. The highest BCUT2D eigenvalue weighted by Crippen LogP contribution is 2.67. The van der Waals surface area contributed by atoms with Crippen LogP contribution >= 0.6 is 21.4 Å². The summed E-state index contributed by atoms with van der Waals surface area (Å²) < 4.78 is 55.1. The molecule has 0 unspecified atom stereocenters. The molecule has 12 aromatic carbocycles. The molecular weight excluding hydrogens is 1060 g/mol. The van der Waals surface area contributed by atoms with E-state index in [1.54, 1.807) is 0 Å². The van der Waals surface area contributed by atoms with E-state index in [-0.39, 0.29) is 0 Å². The molecular formula is C75H54NO3P3. The van der Waals surface area contributed by atoms with Gasteiger partial charge in [0.2, 0.25) is 0 Å². The maximum Gasteiger partial charge on any atom is 0.175 e. The molecule has 0 N–H and O–H groups in total. The van der Waals surface area contributed by atoms with E-state index in [2.05, 4.69) is 150 Å². The molecule has 4 nitrogen and oxygen atoms in total. The molecule has 0 spiro atoms. The first-order valence-electron chi connectivity index (χ1n) is 27.9. The second-order valence-electron chi connectivity index (χ2n) is 22.0. The second kappa shape index (κ2) is 19.1. The van der Waals surface area contributed by atoms with Gasteiger partial charge in [-0.25, -0.2) is 0 Å². The van der Waals surface area contributed by atoms with E-state index >= 15 is 13.7 Å². The number of anilines is 3. The zero-order valence-corrected chi connectivity index (χ0v) is 48.2. The van der Waals surface area contributed by atoms with Crippen LogP contribution in [0, 0.1) is 20.8 Å². The van der Waals surface area contributed by atoms with Crippen LogP contribution in [-0.2, 0) is 13.7 Å². The van der Waals surface area contributed by atoms with E-state index in [1.165, 1.54) is 0 Å². The third-order valence-electron chi connectivity index (χ3n) is 17.2. The van der Waals surface area contributed by atoms with Gasteiger partial charge in [0, 0.05) is 47.7 Å². The smallest absolute Gasteiger partial charge is 0.175 e. The number of rotatable bonds is 9. The van der Waals surface area contributed by atoms with Gasteiger partial charge in [0.25, 0.3) is 0 Å². The monoisotopic (exact) mass is 1110 g/mol. The van der Waals surface area contributed by atoms with Gasteiger partial charge < -0.3 is 18.6 Å². The van der Waals surface area contributed by atoms with Gasteiger partial charge in [-0.1, -0.05) is 218 Å². The highest BCUT2D eigenvalue weighted by atomic mass is 31.2. The summed E-state index contributed by atoms with van der Waals surface area (Å²) in [6.07, 6.45) is 0. The Morgan fingerprint density at radius 1 is 0.207 bits per heavy atom. The molecule has 7 heteroatoms. The summed E-state index contributed by atoms with van der Waals surface area (Å²) in [4.78, 5) is 2.26. The number of benzene rings is 12. The molecule has 0 bridgehead atoms. The Kier molecular flexibility index (Phi) is 11.7. The zero-order chi connectivity index (χ0) is 55.5. The van der Waals surface area contributed by atoms with Crippen LogP contribution < -0.4 is 52.6 Å². The van der Waals surface area contributed by atoms with Crippen molar-refractivity contribution >= 4 is 86.2 Å². The molecule has 0 radical (unpaired) electrons. The predicted octanol–water partition coefficient (Wildman–Crippen LogP) is 15.9. The van der Waals surface area contributed by atoms with E-state index < -0.39 is 21.4 Å². The summed E-state index contributed by atoms with van der Waals surface area (Å²) in [6, 6.07) is 93.4. The maximum absolute atomic E-state index is 18.4. The van der Waals surface area contributed by atoms with Crippen molar-refractivity contribution in [1.82, 2.24) is 0 Å². The lowest BCUT2D eigenvalue weighted by atomic mass is 9.97. The molecule has 392 valence electrons. The Hall–Kier alpha value is -8.87. The van der Waals surface area contributed by atoms with Gasteiger partial charge in [0.05, 0.1) is 17.1 Å². The SMILES string of the molecule is Cc1ccccc1P1(=O)c2cc(-c3cccc(-c4ccccc4)c3)cc3c2N2c4c1cc(-c1cccc(-c5ccccc5)c1)cc4P(=O)(c1ccccc1C)c1cc(-c4cccc(-c5ccccc5)c4)cc(c12)P3(=O)c1ccccc1C. The highest BCUT2D eigenvalue weighted by Gasteiger charge is 2.57. The standard InChI is InChI=1S/C75H54NO3P3/c1-49-22-13-16-37-64(49)80(77)67-43-61(58-34-19-31-55(40-58)52-25-7-4-8-26-52)45-69-73(67)76-74-68(80)44-62(59-35-20-32-56(41-59)53-27-9-5-10-28-53)46-70(74)82(79,66-39-18-15-24-51(66)3)72-48-63(60-36-21-33-57(42-60)54-29-11-6-12-30-54)47-71(75(72)76)81(69,78)65-38-17-14-23-50(65)2/h4-48H,1-3H3. The molecule has 15 rings (SSSR count). The van der Waals surface area contributed by atoms with Crippen molar-refractivity contribution in [2.75, 3.05) is 4.90 Å². The van der Waals surface area contributed by atoms with E-state index in [0.29, 0.717) is 64.8 Å². The van der Waals surface area contributed by atoms with Crippen molar-refractivity contribution in [3.05, 3.63) is 290 Å². The van der Waals surface area contributed by atoms with Gasteiger partial charge >= 0.3 is 0 Å². The van der Waals surface area contributed by atoms with Crippen LogP contribution in [0.1, 0.15) is 16.7 Å². The normalized spacial score (nSPS) is 18.0. The van der Waals surface area contributed by atoms with Crippen LogP contribution in [0.4, 0.5) is 17.1 Å². The minimum absolute atomic E-state index is 0.603. The summed E-state index contributed by atoms with van der Waals surface area (Å²) in [5.41, 5.74) is 16.0. The summed E-state index contributed by atoms with van der Waals surface area (Å²) in [6.45, 7) is 6.12. The van der Waals surface area contributed by atoms with Crippen LogP contribution in [0.2, 0.25) is 0 Å². The van der Waals surface area contributed by atoms with Gasteiger partial charge in [-0.05, 0) is 159 Å². The van der Waals surface area contributed by atoms with Crippen molar-refractivity contribution in [2.24, 2.45) is 0 Å². The van der Waals surface area contributed by atoms with Gasteiger partial charge in [-0.2, -0.15) is 0 Å². The van der Waals surface area contributed by atoms with Crippen LogP contribution in [0.25, 0.3) is 66.8 Å². The number of nitrogens with zero attached hydrogens (tertiary/aromatic N) is 1. The lowest BCUT2D eigenvalue weighted by molar-refractivity contribution is 0.592. The molecule has 0 atom stereocenters. The van der Waals surface area contributed by atoms with E-state index in [4.69, 9.17) is 0 Å². The average molecular weight is 1110 g/mol. The first-order valence-corrected chi connectivity index (χ1v) is 33.0. The van der Waals surface area contributed by atoms with E-state index in [0.717, 1.165) is 83.5 Å². The summed E-state index contributed by atoms with van der Waals surface area (Å²) in [5.74, 6) is 0. The lowest BCUT2D eigenvalue weighted by Gasteiger charge is -2.50. The Bertz CT molecular complexity index is 4210. The Balaban J connectivity index is 1.14. The van der Waals surface area contributed by atoms with Crippen molar-refractivity contribution in [2.45, 2.75) is 20.8 Å². The molecule has 82 heavy (non-hydrogen) atoms. The third-order valence-corrected chi connectivity index (χ3v) is 26.8. The summed E-state index contributed by atoms with van der Waals surface area (Å²) in [7, 11) is -12.2. The molecule has 0 saturated heterocycles. The van der Waals surface area contributed by atoms with Crippen molar-refractivity contribution in [3.8, 4) is 66.8 Å². The van der Waals surface area contributed by atoms with Crippen molar-refractivity contribution in [1.29, 1.82) is 0 Å². The first kappa shape index (κ1) is 50.1. The van der Waals surface area contributed by atoms with Crippen molar-refractivity contribution < 1.29 is 13.7 Å². The topological polar surface area (TPSA) is 54.5 Å². The van der Waals surface area contributed by atoms with Crippen LogP contribution in [0.15, 0.2) is 273 Å². The van der Waals surface area contributed by atoms with Crippen LogP contribution in [0.5, 0.6) is 0 Å².